The molecule has 0 spiro atoms. The van der Waals surface area contributed by atoms with E-state index in [-0.39, 0.29) is 0 Å². The summed E-state index contributed by atoms with van der Waals surface area (Å²) >= 11 is 1.71. The third-order valence-corrected chi connectivity index (χ3v) is 4.25. The Kier molecular flexibility index (Phi) is 3.78. The van der Waals surface area contributed by atoms with Crippen LogP contribution in [0.4, 0.5) is 5.13 Å². The van der Waals surface area contributed by atoms with Crippen molar-refractivity contribution in [2.24, 2.45) is 5.73 Å². The minimum atomic E-state index is 0.474. The predicted octanol–water partition coefficient (Wildman–Crippen LogP) is 1.39. The van der Waals surface area contributed by atoms with Gasteiger partial charge in [-0.1, -0.05) is 6.92 Å². The topological polar surface area (TPSA) is 51.4 Å². The van der Waals surface area contributed by atoms with Crippen LogP contribution >= 0.6 is 11.3 Å². The largest absolute Gasteiger partial charge is 0.379 e. The Hall–Kier alpha value is -0.650. The number of anilines is 1. The number of likely N-dealkylation sites (N-methyl/N-ethyl adjacent to an activating group) is 1. The second kappa shape index (κ2) is 5.12. The number of thiazole rings is 1. The lowest BCUT2D eigenvalue weighted by molar-refractivity contribution is 0.193. The van der Waals surface area contributed by atoms with Crippen molar-refractivity contribution < 1.29 is 4.74 Å². The SMILES string of the molecule is CCc1nc(N(C)C2CCOC2)sc1CN. The van der Waals surface area contributed by atoms with Crippen molar-refractivity contribution in [3.63, 3.8) is 0 Å². The van der Waals surface area contributed by atoms with E-state index in [1.807, 2.05) is 0 Å². The molecular weight excluding hydrogens is 222 g/mol. The summed E-state index contributed by atoms with van der Waals surface area (Å²) in [4.78, 5) is 8.10. The van der Waals surface area contributed by atoms with Gasteiger partial charge < -0.3 is 15.4 Å². The van der Waals surface area contributed by atoms with Crippen LogP contribution in [0.25, 0.3) is 0 Å². The van der Waals surface area contributed by atoms with Crippen molar-refractivity contribution >= 4 is 16.5 Å². The Bertz CT molecular complexity index is 325. The molecule has 16 heavy (non-hydrogen) atoms. The van der Waals surface area contributed by atoms with Crippen molar-refractivity contribution in [3.8, 4) is 0 Å². The molecule has 1 saturated heterocycles. The molecule has 2 rings (SSSR count). The molecule has 1 aromatic heterocycles. The molecule has 5 heteroatoms. The minimum absolute atomic E-state index is 0.474. The number of nitrogens with zero attached hydrogens (tertiary/aromatic N) is 2. The van der Waals surface area contributed by atoms with Gasteiger partial charge in [0.05, 0.1) is 18.3 Å². The van der Waals surface area contributed by atoms with Crippen LogP contribution in [-0.2, 0) is 17.7 Å². The smallest absolute Gasteiger partial charge is 0.185 e. The Balaban J connectivity index is 2.15. The van der Waals surface area contributed by atoms with Gasteiger partial charge in [0, 0.05) is 25.1 Å². The monoisotopic (exact) mass is 241 g/mol. The molecule has 1 aliphatic heterocycles. The molecule has 0 aliphatic carbocycles. The normalized spacial score (nSPS) is 20.3. The van der Waals surface area contributed by atoms with E-state index in [4.69, 9.17) is 10.5 Å². The van der Waals surface area contributed by atoms with Crippen molar-refractivity contribution in [2.75, 3.05) is 25.2 Å². The first-order valence-electron chi connectivity index (χ1n) is 5.75. The molecular formula is C11H19N3OS. The molecule has 90 valence electrons. The fourth-order valence-corrected chi connectivity index (χ4v) is 3.00. The quantitative estimate of drug-likeness (QED) is 0.865. The lowest BCUT2D eigenvalue weighted by Gasteiger charge is -2.21. The molecule has 0 bridgehead atoms. The molecule has 0 amide bonds. The highest BCUT2D eigenvalue weighted by molar-refractivity contribution is 7.15. The highest BCUT2D eigenvalue weighted by atomic mass is 32.1. The zero-order valence-electron chi connectivity index (χ0n) is 9.90. The maximum atomic E-state index is 5.72. The lowest BCUT2D eigenvalue weighted by Crippen LogP contribution is -2.31. The van der Waals surface area contributed by atoms with Gasteiger partial charge in [-0.3, -0.25) is 0 Å². The number of hydrogen-bond donors (Lipinski definition) is 1. The molecule has 0 radical (unpaired) electrons. The summed E-state index contributed by atoms with van der Waals surface area (Å²) in [5, 5.41) is 1.08. The van der Waals surface area contributed by atoms with E-state index in [1.54, 1.807) is 11.3 Å². The predicted molar refractivity (Wildman–Crippen MR) is 67.0 cm³/mol. The third kappa shape index (κ3) is 2.21. The first-order chi connectivity index (χ1) is 7.76. The van der Waals surface area contributed by atoms with Gasteiger partial charge in [-0.25, -0.2) is 4.98 Å². The van der Waals surface area contributed by atoms with E-state index in [0.717, 1.165) is 36.9 Å². The second-order valence-electron chi connectivity index (χ2n) is 4.05. The van der Waals surface area contributed by atoms with Crippen LogP contribution in [0.2, 0.25) is 0 Å². The minimum Gasteiger partial charge on any atom is -0.379 e. The summed E-state index contributed by atoms with van der Waals surface area (Å²) in [7, 11) is 2.10. The van der Waals surface area contributed by atoms with E-state index in [9.17, 15) is 0 Å². The Morgan fingerprint density at radius 3 is 2.94 bits per heavy atom. The highest BCUT2D eigenvalue weighted by Gasteiger charge is 2.23. The van der Waals surface area contributed by atoms with Crippen LogP contribution in [0, 0.1) is 0 Å². The molecule has 0 aromatic carbocycles. The molecule has 0 saturated carbocycles. The van der Waals surface area contributed by atoms with E-state index >= 15 is 0 Å². The molecule has 1 fully saturated rings. The second-order valence-corrected chi connectivity index (χ2v) is 5.11. The number of ether oxygens (including phenoxy) is 1. The Morgan fingerprint density at radius 2 is 2.44 bits per heavy atom. The average molecular weight is 241 g/mol. The van der Waals surface area contributed by atoms with Gasteiger partial charge in [-0.2, -0.15) is 0 Å². The van der Waals surface area contributed by atoms with Crippen molar-refractivity contribution in [1.82, 2.24) is 4.98 Å². The van der Waals surface area contributed by atoms with Gasteiger partial charge in [0.1, 0.15) is 0 Å². The van der Waals surface area contributed by atoms with E-state index < -0.39 is 0 Å². The van der Waals surface area contributed by atoms with Gasteiger partial charge >= 0.3 is 0 Å². The van der Waals surface area contributed by atoms with Crippen LogP contribution in [0.3, 0.4) is 0 Å². The third-order valence-electron chi connectivity index (χ3n) is 3.04. The van der Waals surface area contributed by atoms with Crippen LogP contribution in [0.1, 0.15) is 23.9 Å². The zero-order chi connectivity index (χ0) is 11.5. The Morgan fingerprint density at radius 1 is 1.62 bits per heavy atom. The molecule has 4 nitrogen and oxygen atoms in total. The first kappa shape index (κ1) is 11.8. The molecule has 1 aromatic rings. The van der Waals surface area contributed by atoms with Gasteiger partial charge in [0.2, 0.25) is 0 Å². The fraction of sp³-hybridized carbons (Fsp3) is 0.727. The standard InChI is InChI=1S/C11H19N3OS/c1-3-9-10(6-12)16-11(13-9)14(2)8-4-5-15-7-8/h8H,3-7,12H2,1-2H3. The molecule has 2 N–H and O–H groups in total. The Labute approximate surface area is 100 Å². The van der Waals surface area contributed by atoms with E-state index in [0.29, 0.717) is 12.6 Å². The fourth-order valence-electron chi connectivity index (χ4n) is 1.94. The number of nitrogens with two attached hydrogens (primary N) is 1. The van der Waals surface area contributed by atoms with Crippen molar-refractivity contribution in [2.45, 2.75) is 32.4 Å². The summed E-state index contributed by atoms with van der Waals surface area (Å²) < 4.78 is 5.40. The number of rotatable bonds is 4. The highest BCUT2D eigenvalue weighted by Crippen LogP contribution is 2.28. The molecule has 1 atom stereocenters. The van der Waals surface area contributed by atoms with Crippen LogP contribution in [0.15, 0.2) is 0 Å². The maximum Gasteiger partial charge on any atom is 0.185 e. The van der Waals surface area contributed by atoms with Crippen LogP contribution in [0.5, 0.6) is 0 Å². The molecule has 1 unspecified atom stereocenters. The number of aryl methyl sites for hydroxylation is 1. The van der Waals surface area contributed by atoms with E-state index in [1.165, 1.54) is 4.88 Å². The van der Waals surface area contributed by atoms with Crippen LogP contribution < -0.4 is 10.6 Å². The summed E-state index contributed by atoms with van der Waals surface area (Å²) in [6, 6.07) is 0.474. The summed E-state index contributed by atoms with van der Waals surface area (Å²) in [6.07, 6.45) is 2.05. The zero-order valence-corrected chi connectivity index (χ0v) is 10.7. The van der Waals surface area contributed by atoms with Crippen molar-refractivity contribution in [1.29, 1.82) is 0 Å². The number of hydrogen-bond acceptors (Lipinski definition) is 5. The summed E-state index contributed by atoms with van der Waals surface area (Å²) in [5.41, 5.74) is 6.87. The van der Waals surface area contributed by atoms with Gasteiger partial charge in [-0.15, -0.1) is 11.3 Å². The van der Waals surface area contributed by atoms with Gasteiger partial charge in [0.25, 0.3) is 0 Å². The summed E-state index contributed by atoms with van der Waals surface area (Å²) in [5.74, 6) is 0. The lowest BCUT2D eigenvalue weighted by atomic mass is 10.2. The molecule has 1 aliphatic rings. The maximum absolute atomic E-state index is 5.72. The van der Waals surface area contributed by atoms with Gasteiger partial charge in [0.15, 0.2) is 5.13 Å². The molecule has 2 heterocycles. The van der Waals surface area contributed by atoms with Crippen LogP contribution in [-0.4, -0.2) is 31.3 Å². The summed E-state index contributed by atoms with van der Waals surface area (Å²) in [6.45, 7) is 4.40. The average Bonchev–Trinajstić information content (AvgIpc) is 2.96. The van der Waals surface area contributed by atoms with Crippen molar-refractivity contribution in [3.05, 3.63) is 10.6 Å². The number of aromatic nitrogens is 1. The van der Waals surface area contributed by atoms with Gasteiger partial charge in [-0.05, 0) is 12.8 Å². The first-order valence-corrected chi connectivity index (χ1v) is 6.57. The van der Waals surface area contributed by atoms with E-state index in [2.05, 4.69) is 23.9 Å².